The number of carboxylic acids is 1. The van der Waals surface area contributed by atoms with Crippen LogP contribution in [0.5, 0.6) is 0 Å². The smallest absolute Gasteiger partial charge is 0.321 e. The minimum atomic E-state index is -3.92. The number of nitrogens with two attached hydrogens (primary N) is 1. The second-order valence-corrected chi connectivity index (χ2v) is 9.28. The number of carboxylic acid groups (broad SMARTS) is 1. The molecule has 160 valence electrons. The molecule has 0 radical (unpaired) electrons. The van der Waals surface area contributed by atoms with E-state index in [1.165, 1.54) is 45.1 Å². The second kappa shape index (κ2) is 10.0. The Hall–Kier alpha value is -2.16. The van der Waals surface area contributed by atoms with Crippen molar-refractivity contribution < 1.29 is 18.3 Å². The quantitative estimate of drug-likeness (QED) is 0.684. The number of hydrogen-bond acceptors (Lipinski definition) is 5. The van der Waals surface area contributed by atoms with Crippen molar-refractivity contribution in [1.29, 1.82) is 0 Å². The number of sulfonamides is 1. The Morgan fingerprint density at radius 2 is 1.69 bits per heavy atom. The Bertz CT molecular complexity index is 938. The van der Waals surface area contributed by atoms with Crippen molar-refractivity contribution >= 4 is 32.5 Å². The monoisotopic (exact) mass is 421 g/mol. The molecule has 0 amide bonds. The molecule has 4 N–H and O–H groups in total. The minimum absolute atomic E-state index is 0.0711. The third-order valence-electron chi connectivity index (χ3n) is 4.98. The van der Waals surface area contributed by atoms with Gasteiger partial charge in [-0.25, -0.2) is 8.42 Å². The zero-order valence-corrected chi connectivity index (χ0v) is 18.1. The molecule has 1 aliphatic rings. The van der Waals surface area contributed by atoms with Crippen LogP contribution in [0.1, 0.15) is 39.0 Å². The van der Waals surface area contributed by atoms with E-state index in [4.69, 9.17) is 10.8 Å². The van der Waals surface area contributed by atoms with Gasteiger partial charge in [-0.2, -0.15) is 4.72 Å². The summed E-state index contributed by atoms with van der Waals surface area (Å²) in [4.78, 5) is 12.8. The fraction of sp³-hybridized carbons (Fsp3) is 0.476. The van der Waals surface area contributed by atoms with E-state index in [2.05, 4.69) is 4.72 Å². The summed E-state index contributed by atoms with van der Waals surface area (Å²) in [7, 11) is -0.172. The summed E-state index contributed by atoms with van der Waals surface area (Å²) in [5, 5.41) is 10.2. The van der Waals surface area contributed by atoms with Crippen LogP contribution in [-0.2, 0) is 14.8 Å². The van der Waals surface area contributed by atoms with Gasteiger partial charge in [-0.05, 0) is 31.9 Å². The van der Waals surface area contributed by atoms with Gasteiger partial charge in [0.15, 0.2) is 0 Å². The molecule has 8 heteroatoms. The number of nitrogens with one attached hydrogen (secondary N) is 1. The van der Waals surface area contributed by atoms with Gasteiger partial charge in [-0.15, -0.1) is 0 Å². The number of aliphatic carboxylic acids is 1. The first-order chi connectivity index (χ1) is 13.6. The van der Waals surface area contributed by atoms with E-state index in [9.17, 15) is 13.2 Å². The highest BCUT2D eigenvalue weighted by molar-refractivity contribution is 7.89. The van der Waals surface area contributed by atoms with Crippen molar-refractivity contribution in [2.24, 2.45) is 5.73 Å². The normalized spacial score (nSPS) is 16.0. The highest BCUT2D eigenvalue weighted by atomic mass is 32.2. The van der Waals surface area contributed by atoms with Crippen LogP contribution in [0.15, 0.2) is 41.3 Å². The van der Waals surface area contributed by atoms with Gasteiger partial charge in [0.1, 0.15) is 6.04 Å². The minimum Gasteiger partial charge on any atom is -0.480 e. The third-order valence-corrected chi connectivity index (χ3v) is 6.58. The zero-order chi connectivity index (χ0) is 21.6. The molecule has 0 aromatic heterocycles. The Labute approximate surface area is 172 Å². The van der Waals surface area contributed by atoms with Gasteiger partial charge in [0, 0.05) is 36.6 Å². The van der Waals surface area contributed by atoms with Gasteiger partial charge in [0.25, 0.3) is 0 Å². The molecule has 1 saturated carbocycles. The van der Waals surface area contributed by atoms with Crippen molar-refractivity contribution in [1.82, 2.24) is 4.72 Å². The van der Waals surface area contributed by atoms with Crippen LogP contribution < -0.4 is 15.4 Å². The summed E-state index contributed by atoms with van der Waals surface area (Å²) >= 11 is 0. The lowest BCUT2D eigenvalue weighted by atomic mass is 9.97. The lowest BCUT2D eigenvalue weighted by Crippen LogP contribution is -2.38. The standard InChI is InChI=1S/C15H18N2O4S.C6H13N/c1-10(15(18)19)16-22(20,21)14-9-5-6-11-12(14)7-4-8-13(11)17(2)3;7-6-4-2-1-3-5-6/h4-10,16H,1-3H3,(H,18,19);6H,1-5,7H2. The van der Waals surface area contributed by atoms with Gasteiger partial charge in [0.05, 0.1) is 4.90 Å². The number of fused-ring (bicyclic) bond motifs is 1. The molecule has 3 rings (SSSR count). The largest absolute Gasteiger partial charge is 0.480 e. The molecular weight excluding hydrogens is 390 g/mol. The van der Waals surface area contributed by atoms with Crippen molar-refractivity contribution in [2.75, 3.05) is 19.0 Å². The van der Waals surface area contributed by atoms with Crippen molar-refractivity contribution in [3.05, 3.63) is 36.4 Å². The average Bonchev–Trinajstić information content (AvgIpc) is 2.67. The predicted molar refractivity (Wildman–Crippen MR) is 117 cm³/mol. The third kappa shape index (κ3) is 6.16. The molecule has 1 unspecified atom stereocenters. The Morgan fingerprint density at radius 1 is 1.10 bits per heavy atom. The first-order valence-corrected chi connectivity index (χ1v) is 11.3. The zero-order valence-electron chi connectivity index (χ0n) is 17.3. The molecule has 0 aliphatic heterocycles. The van der Waals surface area contributed by atoms with Gasteiger partial charge in [-0.3, -0.25) is 4.79 Å². The summed E-state index contributed by atoms with van der Waals surface area (Å²) in [6.45, 7) is 1.29. The molecule has 1 fully saturated rings. The van der Waals surface area contributed by atoms with Crippen LogP contribution in [0.25, 0.3) is 10.8 Å². The molecular formula is C21H31N3O4S. The number of nitrogens with zero attached hydrogens (tertiary/aromatic N) is 1. The molecule has 1 atom stereocenters. The first-order valence-electron chi connectivity index (χ1n) is 9.83. The molecule has 0 heterocycles. The molecule has 0 bridgehead atoms. The molecule has 2 aromatic rings. The summed E-state index contributed by atoms with van der Waals surface area (Å²) in [5.41, 5.74) is 6.52. The van der Waals surface area contributed by atoms with E-state index < -0.39 is 22.0 Å². The Morgan fingerprint density at radius 3 is 2.21 bits per heavy atom. The Balaban J connectivity index is 0.000000360. The van der Waals surface area contributed by atoms with E-state index in [-0.39, 0.29) is 4.90 Å². The van der Waals surface area contributed by atoms with Crippen molar-refractivity contribution in [3.8, 4) is 0 Å². The maximum atomic E-state index is 12.5. The predicted octanol–water partition coefficient (Wildman–Crippen LogP) is 2.94. The van der Waals surface area contributed by atoms with Crippen LogP contribution in [0.2, 0.25) is 0 Å². The summed E-state index contributed by atoms with van der Waals surface area (Å²) in [6, 6.07) is 9.68. The van der Waals surface area contributed by atoms with Crippen LogP contribution >= 0.6 is 0 Å². The van der Waals surface area contributed by atoms with E-state index >= 15 is 0 Å². The molecule has 29 heavy (non-hydrogen) atoms. The van der Waals surface area contributed by atoms with Gasteiger partial charge < -0.3 is 15.7 Å². The SMILES string of the molecule is CC(NS(=O)(=O)c1cccc2c(N(C)C)cccc12)C(=O)O.NC1CCCCC1. The van der Waals surface area contributed by atoms with Crippen LogP contribution in [0.3, 0.4) is 0 Å². The number of rotatable bonds is 5. The number of hydrogen-bond donors (Lipinski definition) is 3. The average molecular weight is 422 g/mol. The van der Waals surface area contributed by atoms with Gasteiger partial charge in [0.2, 0.25) is 10.0 Å². The fourth-order valence-corrected chi connectivity index (χ4v) is 4.79. The molecule has 0 spiro atoms. The summed E-state index contributed by atoms with van der Waals surface area (Å²) < 4.78 is 27.1. The van der Waals surface area contributed by atoms with E-state index in [0.717, 1.165) is 11.1 Å². The van der Waals surface area contributed by atoms with E-state index in [1.54, 1.807) is 18.2 Å². The summed E-state index contributed by atoms with van der Waals surface area (Å²) in [6.07, 6.45) is 6.66. The number of carbonyl (C=O) groups is 1. The highest BCUT2D eigenvalue weighted by Gasteiger charge is 2.23. The number of anilines is 1. The van der Waals surface area contributed by atoms with Crippen molar-refractivity contribution in [3.63, 3.8) is 0 Å². The Kier molecular flexibility index (Phi) is 8.01. The van der Waals surface area contributed by atoms with Crippen LogP contribution in [0, 0.1) is 0 Å². The van der Waals surface area contributed by atoms with Crippen LogP contribution in [-0.4, -0.2) is 45.7 Å². The van der Waals surface area contributed by atoms with E-state index in [1.807, 2.05) is 31.1 Å². The topological polar surface area (TPSA) is 113 Å². The van der Waals surface area contributed by atoms with Gasteiger partial charge in [-0.1, -0.05) is 43.5 Å². The fourth-order valence-electron chi connectivity index (χ4n) is 3.37. The van der Waals surface area contributed by atoms with Gasteiger partial charge >= 0.3 is 5.97 Å². The van der Waals surface area contributed by atoms with Crippen LogP contribution in [0.4, 0.5) is 5.69 Å². The summed E-state index contributed by atoms with van der Waals surface area (Å²) in [5.74, 6) is -1.22. The molecule has 1 aliphatic carbocycles. The maximum Gasteiger partial charge on any atom is 0.321 e. The second-order valence-electron chi connectivity index (χ2n) is 7.60. The molecule has 7 nitrogen and oxygen atoms in total. The molecule has 0 saturated heterocycles. The molecule has 2 aromatic carbocycles. The number of benzene rings is 2. The highest BCUT2D eigenvalue weighted by Crippen LogP contribution is 2.30. The maximum absolute atomic E-state index is 12.5. The lowest BCUT2D eigenvalue weighted by Gasteiger charge is -2.17. The first kappa shape index (κ1) is 23.1. The lowest BCUT2D eigenvalue weighted by molar-refractivity contribution is -0.138. The van der Waals surface area contributed by atoms with Crippen molar-refractivity contribution in [2.45, 2.75) is 56.0 Å². The van der Waals surface area contributed by atoms with E-state index in [0.29, 0.717) is 11.4 Å².